The van der Waals surface area contributed by atoms with Gasteiger partial charge < -0.3 is 10.3 Å². The van der Waals surface area contributed by atoms with Gasteiger partial charge in [-0.05, 0) is 60.2 Å². The van der Waals surface area contributed by atoms with Crippen molar-refractivity contribution in [2.75, 3.05) is 0 Å². The van der Waals surface area contributed by atoms with Crippen molar-refractivity contribution in [1.82, 2.24) is 4.57 Å². The molecule has 0 unspecified atom stereocenters. The van der Waals surface area contributed by atoms with E-state index in [-0.39, 0.29) is 5.91 Å². The minimum atomic E-state index is -0.387. The summed E-state index contributed by atoms with van der Waals surface area (Å²) < 4.78 is 2.34. The van der Waals surface area contributed by atoms with Crippen molar-refractivity contribution in [2.24, 2.45) is 11.7 Å². The Morgan fingerprint density at radius 3 is 2.58 bits per heavy atom. The Hall–Kier alpha value is -3.07. The smallest absolute Gasteiger partial charge is 0.249 e. The van der Waals surface area contributed by atoms with Crippen LogP contribution in [0.3, 0.4) is 0 Å². The number of benzene rings is 3. The average Bonchev–Trinajstić information content (AvgIpc) is 3.44. The molecule has 3 heteroatoms. The molecule has 0 aliphatic heterocycles. The molecule has 4 aromatic rings. The number of amides is 1. The van der Waals surface area contributed by atoms with Gasteiger partial charge in [0.1, 0.15) is 0 Å². The zero-order valence-corrected chi connectivity index (χ0v) is 14.4. The SMILES string of the molecule is NC(=O)c1cccc2c1c1[c]cc(-c3ccccc3)cc1n2CC1CC1. The van der Waals surface area contributed by atoms with Gasteiger partial charge in [0.05, 0.1) is 5.52 Å². The topological polar surface area (TPSA) is 48.0 Å². The van der Waals surface area contributed by atoms with Gasteiger partial charge in [-0.25, -0.2) is 0 Å². The Morgan fingerprint density at radius 2 is 1.85 bits per heavy atom. The van der Waals surface area contributed by atoms with E-state index in [2.05, 4.69) is 34.9 Å². The van der Waals surface area contributed by atoms with E-state index in [9.17, 15) is 4.79 Å². The number of rotatable bonds is 4. The molecular formula is C23H19N2O. The molecule has 127 valence electrons. The molecule has 0 atom stereocenters. The maximum atomic E-state index is 12.0. The zero-order chi connectivity index (χ0) is 17.7. The van der Waals surface area contributed by atoms with Crippen molar-refractivity contribution >= 4 is 27.7 Å². The number of aromatic nitrogens is 1. The first-order chi connectivity index (χ1) is 12.7. The second kappa shape index (κ2) is 5.73. The summed E-state index contributed by atoms with van der Waals surface area (Å²) >= 11 is 0. The van der Waals surface area contributed by atoms with Crippen LogP contribution in [-0.4, -0.2) is 10.5 Å². The minimum Gasteiger partial charge on any atom is -0.366 e. The molecule has 1 radical (unpaired) electrons. The number of nitrogens with two attached hydrogens (primary N) is 1. The van der Waals surface area contributed by atoms with Crippen molar-refractivity contribution in [3.05, 3.63) is 72.3 Å². The summed E-state index contributed by atoms with van der Waals surface area (Å²) in [6.07, 6.45) is 2.55. The maximum Gasteiger partial charge on any atom is 0.249 e. The van der Waals surface area contributed by atoms with Crippen LogP contribution in [0, 0.1) is 12.0 Å². The highest BCUT2D eigenvalue weighted by atomic mass is 16.1. The lowest BCUT2D eigenvalue weighted by Gasteiger charge is -2.08. The van der Waals surface area contributed by atoms with Gasteiger partial charge in [0, 0.05) is 28.4 Å². The summed E-state index contributed by atoms with van der Waals surface area (Å²) in [5.41, 5.74) is 10.7. The van der Waals surface area contributed by atoms with Gasteiger partial charge in [0.2, 0.25) is 5.91 Å². The molecule has 1 saturated carbocycles. The normalized spacial score (nSPS) is 14.2. The monoisotopic (exact) mass is 339 g/mol. The maximum absolute atomic E-state index is 12.0. The van der Waals surface area contributed by atoms with Gasteiger partial charge >= 0.3 is 0 Å². The molecular weight excluding hydrogens is 320 g/mol. The van der Waals surface area contributed by atoms with E-state index in [1.54, 1.807) is 0 Å². The molecule has 1 aromatic heterocycles. The number of carbonyl (C=O) groups is 1. The second-order valence-corrected chi connectivity index (χ2v) is 7.13. The Bertz CT molecular complexity index is 1140. The first kappa shape index (κ1) is 15.2. The zero-order valence-electron chi connectivity index (χ0n) is 14.4. The largest absolute Gasteiger partial charge is 0.366 e. The lowest BCUT2D eigenvalue weighted by Crippen LogP contribution is -2.11. The molecule has 3 nitrogen and oxygen atoms in total. The Labute approximate surface area is 152 Å². The van der Waals surface area contributed by atoms with Crippen LogP contribution >= 0.6 is 0 Å². The third-order valence-corrected chi connectivity index (χ3v) is 5.30. The summed E-state index contributed by atoms with van der Waals surface area (Å²) in [4.78, 5) is 12.0. The molecule has 3 aromatic carbocycles. The number of primary amides is 1. The van der Waals surface area contributed by atoms with E-state index in [0.29, 0.717) is 5.56 Å². The van der Waals surface area contributed by atoms with Gasteiger partial charge in [-0.1, -0.05) is 36.4 Å². The fraction of sp³-hybridized carbons (Fsp3) is 0.174. The molecule has 0 spiro atoms. The predicted octanol–water partition coefficient (Wildman–Crippen LogP) is 4.77. The van der Waals surface area contributed by atoms with Crippen molar-refractivity contribution in [2.45, 2.75) is 19.4 Å². The van der Waals surface area contributed by atoms with Crippen molar-refractivity contribution < 1.29 is 4.79 Å². The van der Waals surface area contributed by atoms with Gasteiger partial charge in [-0.3, -0.25) is 4.79 Å². The summed E-state index contributed by atoms with van der Waals surface area (Å²) in [6.45, 7) is 0.980. The lowest BCUT2D eigenvalue weighted by atomic mass is 10.0. The Kier molecular flexibility index (Phi) is 3.35. The highest BCUT2D eigenvalue weighted by Gasteiger charge is 2.25. The first-order valence-corrected chi connectivity index (χ1v) is 9.04. The van der Waals surface area contributed by atoms with Crippen LogP contribution in [0.25, 0.3) is 32.9 Å². The average molecular weight is 339 g/mol. The fourth-order valence-electron chi connectivity index (χ4n) is 3.81. The number of fused-ring (bicyclic) bond motifs is 3. The number of hydrogen-bond donors (Lipinski definition) is 1. The molecule has 1 amide bonds. The minimum absolute atomic E-state index is 0.387. The molecule has 5 rings (SSSR count). The fourth-order valence-corrected chi connectivity index (χ4v) is 3.81. The summed E-state index contributed by atoms with van der Waals surface area (Å²) in [5, 5.41) is 1.91. The van der Waals surface area contributed by atoms with Gasteiger partial charge in [-0.15, -0.1) is 0 Å². The van der Waals surface area contributed by atoms with Gasteiger partial charge in [0.25, 0.3) is 0 Å². The van der Waals surface area contributed by atoms with E-state index in [1.165, 1.54) is 18.4 Å². The molecule has 1 heterocycles. The van der Waals surface area contributed by atoms with E-state index >= 15 is 0 Å². The highest BCUT2D eigenvalue weighted by molar-refractivity contribution is 6.18. The molecule has 2 N–H and O–H groups in total. The van der Waals surface area contributed by atoms with E-state index in [0.717, 1.165) is 39.8 Å². The Balaban J connectivity index is 1.83. The predicted molar refractivity (Wildman–Crippen MR) is 105 cm³/mol. The lowest BCUT2D eigenvalue weighted by molar-refractivity contribution is 0.100. The second-order valence-electron chi connectivity index (χ2n) is 7.13. The van der Waals surface area contributed by atoms with Crippen molar-refractivity contribution in [3.8, 4) is 11.1 Å². The highest BCUT2D eigenvalue weighted by Crippen LogP contribution is 2.38. The van der Waals surface area contributed by atoms with Crippen LogP contribution in [0.2, 0.25) is 0 Å². The number of nitrogens with zero attached hydrogens (tertiary/aromatic N) is 1. The molecule has 26 heavy (non-hydrogen) atoms. The van der Waals surface area contributed by atoms with Gasteiger partial charge in [-0.2, -0.15) is 0 Å². The van der Waals surface area contributed by atoms with Crippen LogP contribution in [-0.2, 0) is 6.54 Å². The molecule has 1 aliphatic rings. The van der Waals surface area contributed by atoms with Crippen LogP contribution < -0.4 is 5.73 Å². The van der Waals surface area contributed by atoms with E-state index in [4.69, 9.17) is 5.73 Å². The van der Waals surface area contributed by atoms with E-state index in [1.807, 2.05) is 36.4 Å². The van der Waals surface area contributed by atoms with Crippen LogP contribution in [0.4, 0.5) is 0 Å². The van der Waals surface area contributed by atoms with E-state index < -0.39 is 0 Å². The van der Waals surface area contributed by atoms with Crippen molar-refractivity contribution in [1.29, 1.82) is 0 Å². The van der Waals surface area contributed by atoms with Crippen LogP contribution in [0.1, 0.15) is 23.2 Å². The van der Waals surface area contributed by atoms with Gasteiger partial charge in [0.15, 0.2) is 0 Å². The quantitative estimate of drug-likeness (QED) is 0.572. The molecule has 1 aliphatic carbocycles. The first-order valence-electron chi connectivity index (χ1n) is 9.04. The summed E-state index contributed by atoms with van der Waals surface area (Å²) in [5.74, 6) is 0.341. The molecule has 1 fully saturated rings. The number of hydrogen-bond acceptors (Lipinski definition) is 1. The third-order valence-electron chi connectivity index (χ3n) is 5.30. The third kappa shape index (κ3) is 2.39. The summed E-state index contributed by atoms with van der Waals surface area (Å²) in [7, 11) is 0. The van der Waals surface area contributed by atoms with Crippen LogP contribution in [0.15, 0.2) is 60.7 Å². The molecule has 0 bridgehead atoms. The standard InChI is InChI=1S/C23H19N2O/c24-23(26)19-7-4-8-20-22(19)18-12-11-17(16-5-2-1-3-6-16)13-21(18)25(20)14-15-9-10-15/h1-8,11,13,15H,9-10,14H2,(H2,24,26). The van der Waals surface area contributed by atoms with Crippen LogP contribution in [0.5, 0.6) is 0 Å². The number of carbonyl (C=O) groups excluding carboxylic acids is 1. The summed E-state index contributed by atoms with van der Waals surface area (Å²) in [6, 6.07) is 23.8. The molecule has 0 saturated heterocycles. The Morgan fingerprint density at radius 1 is 1.04 bits per heavy atom. The van der Waals surface area contributed by atoms with Crippen molar-refractivity contribution in [3.63, 3.8) is 0 Å².